The lowest BCUT2D eigenvalue weighted by atomic mass is 9.98. The summed E-state index contributed by atoms with van der Waals surface area (Å²) in [4.78, 5) is 53.7. The average molecular weight is 480 g/mol. The van der Waals surface area contributed by atoms with Gasteiger partial charge in [0.1, 0.15) is 6.04 Å². The predicted molar refractivity (Wildman–Crippen MR) is 126 cm³/mol. The summed E-state index contributed by atoms with van der Waals surface area (Å²) < 4.78 is 0. The third-order valence-electron chi connectivity index (χ3n) is 5.66. The molecule has 0 unspecified atom stereocenters. The van der Waals surface area contributed by atoms with Crippen molar-refractivity contribution in [2.45, 2.75) is 38.3 Å². The molecule has 35 heavy (non-hydrogen) atoms. The monoisotopic (exact) mass is 480 g/mol. The number of rotatable bonds is 8. The summed E-state index contributed by atoms with van der Waals surface area (Å²) in [7, 11) is 0. The van der Waals surface area contributed by atoms with Crippen molar-refractivity contribution in [1.29, 1.82) is 0 Å². The van der Waals surface area contributed by atoms with E-state index >= 15 is 0 Å². The van der Waals surface area contributed by atoms with E-state index in [-0.39, 0.29) is 24.6 Å². The quantitative estimate of drug-likeness (QED) is 0.300. The van der Waals surface area contributed by atoms with E-state index in [1.165, 1.54) is 0 Å². The molecule has 0 bridgehead atoms. The maximum Gasteiger partial charge on any atom is 0.326 e. The van der Waals surface area contributed by atoms with Crippen LogP contribution in [0.5, 0.6) is 0 Å². The van der Waals surface area contributed by atoms with Crippen molar-refractivity contribution in [2.75, 3.05) is 22.9 Å². The van der Waals surface area contributed by atoms with Crippen LogP contribution in [0.15, 0.2) is 24.4 Å². The van der Waals surface area contributed by atoms with Gasteiger partial charge < -0.3 is 31.9 Å². The van der Waals surface area contributed by atoms with Crippen LogP contribution < -0.4 is 21.7 Å². The van der Waals surface area contributed by atoms with Crippen LogP contribution in [0.4, 0.5) is 17.5 Å². The van der Waals surface area contributed by atoms with Gasteiger partial charge in [-0.25, -0.2) is 14.8 Å². The van der Waals surface area contributed by atoms with E-state index in [1.807, 2.05) is 6.07 Å². The number of nitrogens with zero attached hydrogens (tertiary/aromatic N) is 5. The second-order valence-electron chi connectivity index (χ2n) is 8.17. The zero-order valence-corrected chi connectivity index (χ0v) is 18.6. The summed E-state index contributed by atoms with van der Waals surface area (Å²) >= 11 is 0. The summed E-state index contributed by atoms with van der Waals surface area (Å²) in [5.74, 6) is -2.81. The second-order valence-corrected chi connectivity index (χ2v) is 8.17. The van der Waals surface area contributed by atoms with Crippen molar-refractivity contribution < 1.29 is 24.6 Å². The Morgan fingerprint density at radius 3 is 2.69 bits per heavy atom. The molecular weight excluding hydrogens is 456 g/mol. The molecule has 3 aromatic rings. The van der Waals surface area contributed by atoms with E-state index in [0.717, 1.165) is 30.6 Å². The lowest BCUT2D eigenvalue weighted by Crippen LogP contribution is -2.41. The fourth-order valence-corrected chi connectivity index (χ4v) is 4.00. The van der Waals surface area contributed by atoms with Crippen LogP contribution in [0, 0.1) is 0 Å². The highest BCUT2D eigenvalue weighted by atomic mass is 16.4. The van der Waals surface area contributed by atoms with Crippen molar-refractivity contribution >= 4 is 46.5 Å². The van der Waals surface area contributed by atoms with Gasteiger partial charge in [-0.1, -0.05) is 0 Å². The highest BCUT2D eigenvalue weighted by molar-refractivity contribution is 5.97. The number of nitrogen functional groups attached to an aromatic ring is 2. The molecule has 1 atom stereocenters. The van der Waals surface area contributed by atoms with Crippen LogP contribution >= 0.6 is 0 Å². The lowest BCUT2D eigenvalue weighted by Gasteiger charge is -2.31. The maximum atomic E-state index is 12.7. The number of hydrogen-bond donors (Lipinski definition) is 5. The van der Waals surface area contributed by atoms with Gasteiger partial charge in [0.15, 0.2) is 17.0 Å². The minimum Gasteiger partial charge on any atom is -0.481 e. The third kappa shape index (κ3) is 5.34. The third-order valence-corrected chi connectivity index (χ3v) is 5.66. The normalized spacial score (nSPS) is 13.8. The summed E-state index contributed by atoms with van der Waals surface area (Å²) in [5.41, 5.74) is 15.0. The Morgan fingerprint density at radius 2 is 1.94 bits per heavy atom. The van der Waals surface area contributed by atoms with Crippen molar-refractivity contribution in [1.82, 2.24) is 25.3 Å². The highest BCUT2D eigenvalue weighted by Gasteiger charge is 2.24. The first-order valence-corrected chi connectivity index (χ1v) is 10.9. The van der Waals surface area contributed by atoms with Crippen LogP contribution in [0.25, 0.3) is 11.2 Å². The first kappa shape index (κ1) is 23.6. The van der Waals surface area contributed by atoms with Crippen LogP contribution in [0.3, 0.4) is 0 Å². The minimum atomic E-state index is -1.29. The van der Waals surface area contributed by atoms with E-state index in [0.29, 0.717) is 29.0 Å². The van der Waals surface area contributed by atoms with Crippen LogP contribution in [-0.2, 0) is 22.6 Å². The molecule has 0 saturated heterocycles. The standard InChI is InChI=1S/C22H24N8O5/c23-18-17-19(29-22(24)28-18)25-9-13(26-17)10-30-7-1-2-11-8-12(3-5-15(11)30)20(33)27-14(21(34)35)4-6-16(31)32/h3,5,8-9,14H,1-2,4,6-7,10H2,(H,27,33)(H,31,32)(H,34,35)(H4,23,24,25,28,29)/t14-/m1/s1. The molecule has 0 aliphatic carbocycles. The van der Waals surface area contributed by atoms with Crippen molar-refractivity contribution in [3.63, 3.8) is 0 Å². The molecule has 182 valence electrons. The van der Waals surface area contributed by atoms with Crippen LogP contribution in [0.1, 0.15) is 40.9 Å². The number of aromatic nitrogens is 4. The van der Waals surface area contributed by atoms with Crippen molar-refractivity contribution in [3.05, 3.63) is 41.2 Å². The largest absolute Gasteiger partial charge is 0.481 e. The van der Waals surface area contributed by atoms with Gasteiger partial charge >= 0.3 is 11.9 Å². The Hall–Kier alpha value is -4.55. The fourth-order valence-electron chi connectivity index (χ4n) is 4.00. The number of nitrogens with one attached hydrogen (secondary N) is 1. The summed E-state index contributed by atoms with van der Waals surface area (Å²) in [6.07, 6.45) is 2.63. The van der Waals surface area contributed by atoms with E-state index in [2.05, 4.69) is 30.2 Å². The van der Waals surface area contributed by atoms with Gasteiger partial charge in [0.2, 0.25) is 5.95 Å². The zero-order valence-electron chi connectivity index (χ0n) is 18.6. The van der Waals surface area contributed by atoms with Gasteiger partial charge in [0.25, 0.3) is 5.91 Å². The zero-order chi connectivity index (χ0) is 25.1. The summed E-state index contributed by atoms with van der Waals surface area (Å²) in [6, 6.07) is 3.87. The second kappa shape index (κ2) is 9.75. The van der Waals surface area contributed by atoms with Gasteiger partial charge in [-0.3, -0.25) is 9.59 Å². The molecule has 2 aromatic heterocycles. The fraction of sp³-hybridized carbons (Fsp3) is 0.318. The molecule has 13 nitrogen and oxygen atoms in total. The van der Waals surface area contributed by atoms with E-state index in [9.17, 15) is 19.5 Å². The van der Waals surface area contributed by atoms with Gasteiger partial charge in [-0.15, -0.1) is 0 Å². The van der Waals surface area contributed by atoms with E-state index in [4.69, 9.17) is 16.6 Å². The number of nitrogens with two attached hydrogens (primary N) is 2. The molecule has 1 aromatic carbocycles. The number of carboxylic acid groups (broad SMARTS) is 2. The molecule has 0 radical (unpaired) electrons. The number of carbonyl (C=O) groups excluding carboxylic acids is 1. The SMILES string of the molecule is Nc1nc(N)c2nc(CN3CCCc4cc(C(=O)N[C@H](CCC(=O)O)C(=O)O)ccc43)cnc2n1. The molecule has 3 heterocycles. The topological polar surface area (TPSA) is 211 Å². The molecule has 1 amide bonds. The number of carboxylic acids is 2. The minimum absolute atomic E-state index is 0.0263. The van der Waals surface area contributed by atoms with Gasteiger partial charge in [0.05, 0.1) is 18.4 Å². The smallest absolute Gasteiger partial charge is 0.326 e. The number of aliphatic carboxylic acids is 2. The van der Waals surface area contributed by atoms with Crippen LogP contribution in [0.2, 0.25) is 0 Å². The van der Waals surface area contributed by atoms with E-state index in [1.54, 1.807) is 18.3 Å². The Labute approximate surface area is 199 Å². The molecule has 7 N–H and O–H groups in total. The molecule has 1 aliphatic heterocycles. The predicted octanol–water partition coefficient (Wildman–Crippen LogP) is 0.585. The number of hydrogen-bond acceptors (Lipinski definition) is 10. The van der Waals surface area contributed by atoms with Gasteiger partial charge in [-0.2, -0.15) is 9.97 Å². The molecule has 0 spiro atoms. The molecule has 0 saturated carbocycles. The number of aryl methyl sites for hydroxylation is 1. The van der Waals surface area contributed by atoms with Crippen molar-refractivity contribution in [2.24, 2.45) is 0 Å². The van der Waals surface area contributed by atoms with E-state index < -0.39 is 23.9 Å². The summed E-state index contributed by atoms with van der Waals surface area (Å²) in [6.45, 7) is 1.21. The summed E-state index contributed by atoms with van der Waals surface area (Å²) in [5, 5.41) is 20.5. The maximum absolute atomic E-state index is 12.7. The number of anilines is 3. The average Bonchev–Trinajstić information content (AvgIpc) is 2.81. The number of amides is 1. The Kier molecular flexibility index (Phi) is 6.57. The van der Waals surface area contributed by atoms with Crippen molar-refractivity contribution in [3.8, 4) is 0 Å². The first-order chi connectivity index (χ1) is 16.7. The molecular formula is C22H24N8O5. The Bertz CT molecular complexity index is 1310. The highest BCUT2D eigenvalue weighted by Crippen LogP contribution is 2.29. The first-order valence-electron chi connectivity index (χ1n) is 10.9. The van der Waals surface area contributed by atoms with Gasteiger partial charge in [-0.05, 0) is 43.0 Å². The Morgan fingerprint density at radius 1 is 1.14 bits per heavy atom. The molecule has 13 heteroatoms. The number of benzene rings is 1. The Balaban J connectivity index is 1.51. The molecule has 1 aliphatic rings. The number of carbonyl (C=O) groups is 3. The molecule has 0 fully saturated rings. The van der Waals surface area contributed by atoms with Crippen LogP contribution in [-0.4, -0.2) is 60.6 Å². The van der Waals surface area contributed by atoms with Gasteiger partial charge in [0, 0.05) is 24.2 Å². The lowest BCUT2D eigenvalue weighted by molar-refractivity contribution is -0.140. The number of fused-ring (bicyclic) bond motifs is 2. The molecule has 4 rings (SSSR count).